The summed E-state index contributed by atoms with van der Waals surface area (Å²) in [5, 5.41) is 0. The number of hydrogen-bond donors (Lipinski definition) is 0. The van der Waals surface area contributed by atoms with Gasteiger partial charge in [0.1, 0.15) is 0 Å². The first-order valence-electron chi connectivity index (χ1n) is 10.4. The zero-order valence-corrected chi connectivity index (χ0v) is 18.2. The van der Waals surface area contributed by atoms with Crippen molar-refractivity contribution in [3.8, 4) is 0 Å². The summed E-state index contributed by atoms with van der Waals surface area (Å²) < 4.78 is 4.64. The monoisotopic (exact) mass is 395 g/mol. The molecule has 4 nitrogen and oxygen atoms in total. The Morgan fingerprint density at radius 1 is 0.897 bits per heavy atom. The molecule has 0 saturated carbocycles. The Morgan fingerprint density at radius 3 is 2.14 bits per heavy atom. The number of carbonyl (C=O) groups excluding carboxylic acids is 2. The first-order chi connectivity index (χ1) is 13.9. The van der Waals surface area contributed by atoms with E-state index < -0.39 is 0 Å². The van der Waals surface area contributed by atoms with Gasteiger partial charge in [-0.1, -0.05) is 43.2 Å². The molecule has 4 heteroatoms. The van der Waals surface area contributed by atoms with Crippen molar-refractivity contribution in [3.05, 3.63) is 70.3 Å². The van der Waals surface area contributed by atoms with Gasteiger partial charge in [-0.3, -0.25) is 9.59 Å². The molecule has 0 fully saturated rings. The van der Waals surface area contributed by atoms with Gasteiger partial charge in [-0.05, 0) is 67.5 Å². The number of rotatable bonds is 10. The Labute approximate surface area is 174 Å². The van der Waals surface area contributed by atoms with E-state index in [0.717, 1.165) is 44.2 Å². The smallest absolute Gasteiger partial charge is 0.305 e. The zero-order valence-electron chi connectivity index (χ0n) is 18.2. The van der Waals surface area contributed by atoms with Crippen molar-refractivity contribution in [2.75, 3.05) is 20.7 Å². The Kier molecular flexibility index (Phi) is 8.91. The van der Waals surface area contributed by atoms with E-state index in [-0.39, 0.29) is 11.9 Å². The Bertz CT molecular complexity index is 791. The summed E-state index contributed by atoms with van der Waals surface area (Å²) in [4.78, 5) is 25.5. The second-order valence-electron chi connectivity index (χ2n) is 7.71. The van der Waals surface area contributed by atoms with Gasteiger partial charge in [-0.2, -0.15) is 0 Å². The minimum Gasteiger partial charge on any atom is -0.469 e. The molecular formula is C25H33NO3. The number of benzene rings is 2. The zero-order chi connectivity index (χ0) is 21.2. The molecule has 0 aliphatic heterocycles. The van der Waals surface area contributed by atoms with E-state index in [1.54, 1.807) is 4.90 Å². The lowest BCUT2D eigenvalue weighted by Crippen LogP contribution is -2.27. The first-order valence-corrected chi connectivity index (χ1v) is 10.4. The quantitative estimate of drug-likeness (QED) is 0.416. The summed E-state index contributed by atoms with van der Waals surface area (Å²) in [5.41, 5.74) is 5.90. The lowest BCUT2D eigenvalue weighted by atomic mass is 9.96. The minimum atomic E-state index is -0.154. The number of nitrogens with zero attached hydrogens (tertiary/aromatic N) is 1. The van der Waals surface area contributed by atoms with Crippen molar-refractivity contribution in [2.45, 2.75) is 52.4 Å². The largest absolute Gasteiger partial charge is 0.469 e. The fourth-order valence-electron chi connectivity index (χ4n) is 3.49. The van der Waals surface area contributed by atoms with Gasteiger partial charge < -0.3 is 9.64 Å². The van der Waals surface area contributed by atoms with Crippen LogP contribution in [0.15, 0.2) is 42.5 Å². The predicted octanol–water partition coefficient (Wildman–Crippen LogP) is 5.09. The summed E-state index contributed by atoms with van der Waals surface area (Å²) in [6, 6.07) is 14.3. The van der Waals surface area contributed by atoms with E-state index in [9.17, 15) is 9.59 Å². The number of methoxy groups -OCH3 is 1. The maximum absolute atomic E-state index is 12.6. The number of hydrogen-bond acceptors (Lipinski definition) is 3. The van der Waals surface area contributed by atoms with E-state index in [1.165, 1.54) is 29.4 Å². The maximum atomic E-state index is 12.6. The molecule has 0 unspecified atom stereocenters. The maximum Gasteiger partial charge on any atom is 0.305 e. The molecule has 0 bridgehead atoms. The van der Waals surface area contributed by atoms with Crippen molar-refractivity contribution >= 4 is 11.9 Å². The highest BCUT2D eigenvalue weighted by atomic mass is 16.5. The fraction of sp³-hybridized carbons (Fsp3) is 0.440. The molecule has 0 atom stereocenters. The number of unbranched alkanes of at least 4 members (excludes halogenated alkanes) is 3. The van der Waals surface area contributed by atoms with Crippen molar-refractivity contribution < 1.29 is 14.3 Å². The molecule has 0 radical (unpaired) electrons. The molecule has 2 aromatic carbocycles. The number of amides is 1. The van der Waals surface area contributed by atoms with Crippen LogP contribution in [-0.2, 0) is 16.0 Å². The van der Waals surface area contributed by atoms with Crippen molar-refractivity contribution in [2.24, 2.45) is 0 Å². The van der Waals surface area contributed by atoms with Gasteiger partial charge in [0.05, 0.1) is 7.11 Å². The van der Waals surface area contributed by atoms with Gasteiger partial charge in [0.25, 0.3) is 5.91 Å². The molecular weight excluding hydrogens is 362 g/mol. The standard InChI is InChI=1S/C25H33NO3/c1-19-10-9-11-20(2)23(19)18-21-13-15-22(16-14-21)25(28)26(3)17-8-6-5-7-12-24(27)29-4/h9-11,13-16H,5-8,12,17-18H2,1-4H3. The minimum absolute atomic E-state index is 0.0539. The van der Waals surface area contributed by atoms with Crippen LogP contribution in [0, 0.1) is 13.8 Å². The SMILES string of the molecule is COC(=O)CCCCCCN(C)C(=O)c1ccc(Cc2c(C)cccc2C)cc1. The van der Waals surface area contributed by atoms with Gasteiger partial charge in [0.15, 0.2) is 0 Å². The number of carbonyl (C=O) groups is 2. The lowest BCUT2D eigenvalue weighted by Gasteiger charge is -2.17. The third-order valence-corrected chi connectivity index (χ3v) is 5.43. The van der Waals surface area contributed by atoms with Gasteiger partial charge in [-0.25, -0.2) is 0 Å². The van der Waals surface area contributed by atoms with E-state index in [1.807, 2.05) is 19.2 Å². The summed E-state index contributed by atoms with van der Waals surface area (Å²) in [6.07, 6.45) is 5.11. The molecule has 2 rings (SSSR count). The van der Waals surface area contributed by atoms with E-state index >= 15 is 0 Å². The third-order valence-electron chi connectivity index (χ3n) is 5.43. The molecule has 0 aliphatic carbocycles. The van der Waals surface area contributed by atoms with Crippen LogP contribution >= 0.6 is 0 Å². The van der Waals surface area contributed by atoms with Gasteiger partial charge in [-0.15, -0.1) is 0 Å². The van der Waals surface area contributed by atoms with Crippen LogP contribution < -0.4 is 0 Å². The summed E-state index contributed by atoms with van der Waals surface area (Å²) in [5.74, 6) is -0.100. The molecule has 0 heterocycles. The van der Waals surface area contributed by atoms with Crippen molar-refractivity contribution in [1.29, 1.82) is 0 Å². The molecule has 1 amide bonds. The van der Waals surface area contributed by atoms with Crippen molar-refractivity contribution in [1.82, 2.24) is 4.90 Å². The molecule has 2 aromatic rings. The topological polar surface area (TPSA) is 46.6 Å². The highest BCUT2D eigenvalue weighted by Gasteiger charge is 2.12. The predicted molar refractivity (Wildman–Crippen MR) is 117 cm³/mol. The fourth-order valence-corrected chi connectivity index (χ4v) is 3.49. The van der Waals surface area contributed by atoms with E-state index in [2.05, 4.69) is 48.9 Å². The van der Waals surface area contributed by atoms with Crippen LogP contribution in [0.3, 0.4) is 0 Å². The second-order valence-corrected chi connectivity index (χ2v) is 7.71. The molecule has 0 N–H and O–H groups in total. The molecule has 0 spiro atoms. The average molecular weight is 396 g/mol. The Balaban J connectivity index is 1.81. The van der Waals surface area contributed by atoms with Crippen LogP contribution in [0.2, 0.25) is 0 Å². The van der Waals surface area contributed by atoms with Crippen LogP contribution in [0.5, 0.6) is 0 Å². The molecule has 0 aliphatic rings. The molecule has 0 aromatic heterocycles. The van der Waals surface area contributed by atoms with Crippen LogP contribution in [0.4, 0.5) is 0 Å². The van der Waals surface area contributed by atoms with Gasteiger partial charge in [0, 0.05) is 25.6 Å². The Hall–Kier alpha value is -2.62. The Morgan fingerprint density at radius 2 is 1.52 bits per heavy atom. The molecule has 156 valence electrons. The second kappa shape index (κ2) is 11.4. The van der Waals surface area contributed by atoms with Gasteiger partial charge in [0.2, 0.25) is 0 Å². The summed E-state index contributed by atoms with van der Waals surface area (Å²) >= 11 is 0. The molecule has 29 heavy (non-hydrogen) atoms. The molecule has 0 saturated heterocycles. The van der Waals surface area contributed by atoms with Crippen LogP contribution in [0.25, 0.3) is 0 Å². The normalized spacial score (nSPS) is 10.6. The highest BCUT2D eigenvalue weighted by molar-refractivity contribution is 5.94. The van der Waals surface area contributed by atoms with Crippen LogP contribution in [-0.4, -0.2) is 37.5 Å². The highest BCUT2D eigenvalue weighted by Crippen LogP contribution is 2.19. The number of ether oxygens (including phenoxy) is 1. The van der Waals surface area contributed by atoms with E-state index in [0.29, 0.717) is 6.42 Å². The lowest BCUT2D eigenvalue weighted by molar-refractivity contribution is -0.140. The summed E-state index contributed by atoms with van der Waals surface area (Å²) in [7, 11) is 3.26. The first kappa shape index (κ1) is 22.7. The number of esters is 1. The summed E-state index contributed by atoms with van der Waals surface area (Å²) in [6.45, 7) is 5.01. The van der Waals surface area contributed by atoms with Crippen molar-refractivity contribution in [3.63, 3.8) is 0 Å². The number of aryl methyl sites for hydroxylation is 2. The third kappa shape index (κ3) is 7.04. The van der Waals surface area contributed by atoms with Gasteiger partial charge >= 0.3 is 5.97 Å². The van der Waals surface area contributed by atoms with E-state index in [4.69, 9.17) is 0 Å². The average Bonchev–Trinajstić information content (AvgIpc) is 2.72. The van der Waals surface area contributed by atoms with Crippen LogP contribution in [0.1, 0.15) is 64.7 Å².